The number of hydrogen-bond acceptors (Lipinski definition) is 16. The summed E-state index contributed by atoms with van der Waals surface area (Å²) in [7, 11) is 0. The lowest BCUT2D eigenvalue weighted by molar-refractivity contribution is -0.139. The van der Waals surface area contributed by atoms with Crippen molar-refractivity contribution in [2.45, 2.75) is 169 Å². The maximum Gasteiger partial charge on any atom is 0.342 e. The van der Waals surface area contributed by atoms with Gasteiger partial charge in [-0.3, -0.25) is 0 Å². The fourth-order valence-electron chi connectivity index (χ4n) is 10.7. The Morgan fingerprint density at radius 2 is 0.937 bits per heavy atom. The summed E-state index contributed by atoms with van der Waals surface area (Å²) in [5, 5.41) is 52.5. The second kappa shape index (κ2) is 48.6. The number of allylic oxidation sites excluding steroid dienone is 4. The highest BCUT2D eigenvalue weighted by molar-refractivity contribution is 6.15. The van der Waals surface area contributed by atoms with Crippen LogP contribution in [0.4, 0.5) is 0 Å². The molecule has 600 valence electrons. The third-order valence-electron chi connectivity index (χ3n) is 18.5. The Kier molecular flexibility index (Phi) is 43.4. The largest absolute Gasteiger partial charge is 0.478 e. The van der Waals surface area contributed by atoms with Crippen molar-refractivity contribution in [1.29, 1.82) is 0 Å². The van der Waals surface area contributed by atoms with E-state index in [0.29, 0.717) is 53.4 Å². The van der Waals surface area contributed by atoms with Crippen LogP contribution >= 0.6 is 0 Å². The van der Waals surface area contributed by atoms with E-state index in [0.717, 1.165) is 49.3 Å². The lowest BCUT2D eigenvalue weighted by atomic mass is 9.66. The molecule has 2 unspecified atom stereocenters. The predicted molar refractivity (Wildman–Crippen MR) is 428 cm³/mol. The minimum atomic E-state index is -1.17. The second-order valence-corrected chi connectivity index (χ2v) is 27.7. The normalized spacial score (nSPS) is 15.6. The lowest BCUT2D eigenvalue weighted by Gasteiger charge is -2.40. The van der Waals surface area contributed by atoms with E-state index >= 15 is 0 Å². The maximum absolute atomic E-state index is 12.8. The summed E-state index contributed by atoms with van der Waals surface area (Å²) in [6.07, 6.45) is 7.23. The summed E-state index contributed by atoms with van der Waals surface area (Å²) in [6.45, 7) is 53.7. The quantitative estimate of drug-likeness (QED) is 0.0133. The van der Waals surface area contributed by atoms with Gasteiger partial charge in [-0.15, -0.1) is 0 Å². The molecule has 0 aromatic heterocycles. The molecule has 4 aromatic rings. The Labute approximate surface area is 653 Å². The molecule has 0 aliphatic heterocycles. The standard InChI is InChI=1S/C27H28O6.C17H24O4.C15H24O4.2C9H8O2.C8H14O2.C4H6O2/c1-5-23(19(3)25(28)29)32-27(31)20(4)24(17-22-14-10-7-11-15-22)33-26(30)18(2)16-21-12-8-6-9-13-21;1-6-13(18)21-14(10(2)15(19)20)12-9-11-7-8-17(12,5)16(11,3)4;1-8-9(2)12(10(3)13(16)17)19-14(18)11(4)15(5,6)7;2*1-7(9(10)11)8-5-3-2-4-6-8;1-4-6-7(3)8(9)10-5-2;1-3(2)4(5)6/h6-15H,2,5,16-17H2,1,3-4H3,(H,28,29);6,11-12H,1,7-9H2,2-5H3,(H,19,20);9H,4,8H2,1-3,5-7H3,(H,16,17);2*2-6H,1H2,(H,10,11);3-6H2,1-2H3;1H2,2H3,(H,5,6)/t;11-,12?,17-;;;;;/m.1...../s1. The zero-order valence-electron chi connectivity index (χ0n) is 67.1. The van der Waals surface area contributed by atoms with Crippen molar-refractivity contribution in [3.8, 4) is 0 Å². The van der Waals surface area contributed by atoms with Gasteiger partial charge < -0.3 is 54.3 Å². The number of carbonyl (C=O) groups excluding carboxylic acids is 5. The van der Waals surface area contributed by atoms with E-state index in [4.69, 9.17) is 44.1 Å². The first-order valence-corrected chi connectivity index (χ1v) is 35.8. The molecule has 0 spiro atoms. The zero-order valence-corrected chi connectivity index (χ0v) is 67.1. The number of carboxylic acid groups (broad SMARTS) is 6. The average molecular weight is 1530 g/mol. The van der Waals surface area contributed by atoms with E-state index < -0.39 is 65.1 Å². The highest BCUT2D eigenvalue weighted by Gasteiger charge is 2.63. The van der Waals surface area contributed by atoms with Crippen molar-refractivity contribution in [2.24, 2.45) is 34.0 Å². The van der Waals surface area contributed by atoms with E-state index in [2.05, 4.69) is 66.8 Å². The van der Waals surface area contributed by atoms with Crippen LogP contribution in [0.3, 0.4) is 0 Å². The van der Waals surface area contributed by atoms with Crippen LogP contribution in [-0.2, 0) is 89.3 Å². The summed E-state index contributed by atoms with van der Waals surface area (Å²) in [5.74, 6) is -7.92. The summed E-state index contributed by atoms with van der Waals surface area (Å²) in [4.78, 5) is 124. The van der Waals surface area contributed by atoms with Crippen molar-refractivity contribution in [3.05, 3.63) is 263 Å². The number of esters is 5. The Balaban J connectivity index is 0.00000136. The van der Waals surface area contributed by atoms with Crippen LogP contribution in [0.25, 0.3) is 11.1 Å². The van der Waals surface area contributed by atoms with Crippen molar-refractivity contribution in [1.82, 2.24) is 0 Å². The van der Waals surface area contributed by atoms with E-state index in [1.807, 2.05) is 114 Å². The van der Waals surface area contributed by atoms with Gasteiger partial charge in [-0.1, -0.05) is 243 Å². The van der Waals surface area contributed by atoms with Crippen LogP contribution in [0.2, 0.25) is 0 Å². The molecule has 4 aromatic carbocycles. The molecule has 4 atom stereocenters. The van der Waals surface area contributed by atoms with Gasteiger partial charge in [-0.25, -0.2) is 52.7 Å². The smallest absolute Gasteiger partial charge is 0.342 e. The zero-order chi connectivity index (χ0) is 85.4. The molecular weight excluding hydrogens is 1420 g/mol. The number of hydrogen-bond donors (Lipinski definition) is 6. The van der Waals surface area contributed by atoms with E-state index in [1.165, 1.54) is 34.6 Å². The van der Waals surface area contributed by atoms with E-state index in [9.17, 15) is 63.0 Å². The number of ether oxygens (including phenoxy) is 5. The van der Waals surface area contributed by atoms with Gasteiger partial charge in [0.1, 0.15) is 23.0 Å². The summed E-state index contributed by atoms with van der Waals surface area (Å²) in [6, 6.07) is 36.3. The minimum Gasteiger partial charge on any atom is -0.478 e. The molecule has 2 saturated carbocycles. The molecule has 0 heterocycles. The number of aliphatic carboxylic acids is 6. The number of rotatable bonds is 28. The number of carbonyl (C=O) groups is 11. The van der Waals surface area contributed by atoms with Crippen molar-refractivity contribution < 1.29 is 107 Å². The topological polar surface area (TPSA) is 355 Å². The van der Waals surface area contributed by atoms with Crippen LogP contribution in [0.15, 0.2) is 241 Å². The summed E-state index contributed by atoms with van der Waals surface area (Å²) < 4.78 is 26.3. The Morgan fingerprint density at radius 3 is 1.28 bits per heavy atom. The molecule has 2 fully saturated rings. The molecule has 6 rings (SSSR count). The highest BCUT2D eigenvalue weighted by atomic mass is 16.6. The van der Waals surface area contributed by atoms with Gasteiger partial charge in [0.2, 0.25) is 0 Å². The van der Waals surface area contributed by atoms with Crippen LogP contribution < -0.4 is 0 Å². The van der Waals surface area contributed by atoms with Gasteiger partial charge >= 0.3 is 65.7 Å². The van der Waals surface area contributed by atoms with Gasteiger partial charge in [0.25, 0.3) is 0 Å². The lowest BCUT2D eigenvalue weighted by Crippen LogP contribution is -2.34. The molecule has 0 saturated heterocycles. The monoisotopic (exact) mass is 1530 g/mol. The van der Waals surface area contributed by atoms with Gasteiger partial charge in [-0.05, 0) is 118 Å². The Hall–Kier alpha value is -11.8. The van der Waals surface area contributed by atoms with Gasteiger partial charge in [-0.2, -0.15) is 0 Å². The molecule has 2 bridgehead atoms. The van der Waals surface area contributed by atoms with Crippen molar-refractivity contribution in [2.75, 3.05) is 6.61 Å². The van der Waals surface area contributed by atoms with Crippen molar-refractivity contribution >= 4 is 76.8 Å². The van der Waals surface area contributed by atoms with Gasteiger partial charge in [0.05, 0.1) is 40.0 Å². The Morgan fingerprint density at radius 1 is 0.514 bits per heavy atom. The molecule has 111 heavy (non-hydrogen) atoms. The van der Waals surface area contributed by atoms with Crippen LogP contribution in [0.5, 0.6) is 0 Å². The third-order valence-corrected chi connectivity index (χ3v) is 18.5. The predicted octanol–water partition coefficient (Wildman–Crippen LogP) is 18.4. The first kappa shape index (κ1) is 99.2. The molecule has 22 heteroatoms. The van der Waals surface area contributed by atoms with Gasteiger partial charge in [0, 0.05) is 59.5 Å². The summed E-state index contributed by atoms with van der Waals surface area (Å²) in [5.41, 5.74) is 4.50. The van der Waals surface area contributed by atoms with Crippen LogP contribution in [0, 0.1) is 34.0 Å². The fraction of sp³-hybridized carbons (Fsp3) is 0.360. The molecule has 2 aliphatic rings. The number of carboxylic acids is 6. The molecule has 22 nitrogen and oxygen atoms in total. The first-order valence-electron chi connectivity index (χ1n) is 35.8. The molecule has 0 amide bonds. The third kappa shape index (κ3) is 33.3. The molecular formula is C89H112O22. The Bertz CT molecular complexity index is 4050. The van der Waals surface area contributed by atoms with Crippen LogP contribution in [0.1, 0.15) is 178 Å². The second-order valence-electron chi connectivity index (χ2n) is 27.7. The fourth-order valence-corrected chi connectivity index (χ4v) is 10.7. The SMILES string of the molecule is C=C(C(=O)O)c1ccccc1.C=C(C(=O)O)c1ccccc1.C=C(C(=O)OC(=C(C)C(=O)O)C(C)CC)C(C)(C)C.C=C(C)C(=O)O.C=C(CCC)C(=O)OCC.C=C(Cc1ccccc1)C(=O)OC(Cc1ccccc1)=C(C)C(=O)OC(CC)=C(C)C(=O)O.C=CC(=O)OC(=C(C)C(=O)O)C1C[C@H]2CC[C@@]1(C)C2(C)C. The maximum atomic E-state index is 12.8. The highest BCUT2D eigenvalue weighted by Crippen LogP contribution is 2.70. The van der Waals surface area contributed by atoms with E-state index in [1.54, 1.807) is 62.4 Å². The summed E-state index contributed by atoms with van der Waals surface area (Å²) >= 11 is 0. The average Bonchev–Trinajstić information content (AvgIpc) is 1.55. The van der Waals surface area contributed by atoms with Crippen LogP contribution in [-0.4, -0.2) is 103 Å². The number of fused-ring (bicyclic) bond motifs is 2. The molecule has 0 radical (unpaired) electrons. The van der Waals surface area contributed by atoms with Gasteiger partial charge in [0.15, 0.2) is 0 Å². The van der Waals surface area contributed by atoms with Crippen molar-refractivity contribution in [3.63, 3.8) is 0 Å². The minimum absolute atomic E-state index is 0.0220. The molecule has 6 N–H and O–H groups in total. The number of benzene rings is 4. The van der Waals surface area contributed by atoms with E-state index in [-0.39, 0.29) is 103 Å². The first-order chi connectivity index (χ1) is 51.7. The molecule has 2 aliphatic carbocycles.